The third-order valence-electron chi connectivity index (χ3n) is 4.01. The third-order valence-corrected chi connectivity index (χ3v) is 4.83. The van der Waals surface area contributed by atoms with E-state index in [2.05, 4.69) is 23.7 Å². The molecular weight excluding hydrogens is 362 g/mol. The van der Waals surface area contributed by atoms with E-state index in [1.807, 2.05) is 12.1 Å². The summed E-state index contributed by atoms with van der Waals surface area (Å²) in [6.45, 7) is 1.63. The molecule has 1 aromatic rings. The van der Waals surface area contributed by atoms with Crippen LogP contribution < -0.4 is 5.32 Å². The van der Waals surface area contributed by atoms with Gasteiger partial charge in [0.25, 0.3) is 0 Å². The van der Waals surface area contributed by atoms with E-state index in [0.29, 0.717) is 0 Å². The molecule has 0 saturated carbocycles. The van der Waals surface area contributed by atoms with Gasteiger partial charge in [0.1, 0.15) is 0 Å². The van der Waals surface area contributed by atoms with Crippen LogP contribution in [0, 0.1) is 0 Å². The Bertz CT molecular complexity index is 666. The van der Waals surface area contributed by atoms with Crippen molar-refractivity contribution >= 4 is 40.3 Å². The largest absolute Gasteiger partial charge is 0.315 e. The van der Waals surface area contributed by atoms with Crippen molar-refractivity contribution in [3.05, 3.63) is 53.1 Å². The number of nitrogens with one attached hydrogen (secondary N) is 1. The maximum atomic E-state index is 11.8. The van der Waals surface area contributed by atoms with Crippen LogP contribution in [0.1, 0.15) is 17.9 Å². The van der Waals surface area contributed by atoms with Crippen LogP contribution in [0.2, 0.25) is 0 Å². The normalized spacial score (nSPS) is 21.2. The molecule has 1 aliphatic carbocycles. The lowest BCUT2D eigenvalue weighted by molar-refractivity contribution is -0.131. The quantitative estimate of drug-likeness (QED) is 0.487. The van der Waals surface area contributed by atoms with E-state index in [1.54, 1.807) is 17.8 Å². The number of halogens is 1. The molecule has 116 valence electrons. The van der Waals surface area contributed by atoms with Gasteiger partial charge in [-0.05, 0) is 54.1 Å². The van der Waals surface area contributed by atoms with Crippen LogP contribution in [-0.2, 0) is 9.59 Å². The summed E-state index contributed by atoms with van der Waals surface area (Å²) in [7, 11) is 0. The van der Waals surface area contributed by atoms with Crippen molar-refractivity contribution < 1.29 is 9.59 Å². The van der Waals surface area contributed by atoms with Gasteiger partial charge in [0, 0.05) is 17.4 Å². The first-order chi connectivity index (χ1) is 10.2. The Morgan fingerprint density at radius 2 is 1.86 bits per heavy atom. The minimum Gasteiger partial charge on any atom is -0.315 e. The Morgan fingerprint density at radius 3 is 2.64 bits per heavy atom. The molecule has 1 unspecified atom stereocenters. The van der Waals surface area contributed by atoms with Gasteiger partial charge in [-0.2, -0.15) is 0 Å². The van der Waals surface area contributed by atoms with Gasteiger partial charge in [0.2, 0.25) is 11.6 Å². The lowest BCUT2D eigenvalue weighted by Gasteiger charge is -2.23. The van der Waals surface area contributed by atoms with Crippen molar-refractivity contribution in [1.82, 2.24) is 5.32 Å². The lowest BCUT2D eigenvalue weighted by atomic mass is 9.82. The van der Waals surface area contributed by atoms with E-state index < -0.39 is 11.6 Å². The van der Waals surface area contributed by atoms with Gasteiger partial charge in [0.15, 0.2) is 0 Å². The molecule has 22 heavy (non-hydrogen) atoms. The van der Waals surface area contributed by atoms with Gasteiger partial charge in [-0.25, -0.2) is 0 Å². The van der Waals surface area contributed by atoms with E-state index in [1.165, 1.54) is 16.5 Å². The molecule has 1 atom stereocenters. The molecule has 0 aromatic heterocycles. The first-order valence-electron chi connectivity index (χ1n) is 7.05. The number of allylic oxidation sites excluding steroid dienone is 2. The first-order valence-corrected chi connectivity index (χ1v) is 8.27. The van der Waals surface area contributed by atoms with Gasteiger partial charge in [-0.1, -0.05) is 18.2 Å². The highest BCUT2D eigenvalue weighted by Crippen LogP contribution is 2.37. The van der Waals surface area contributed by atoms with Crippen molar-refractivity contribution in [3.8, 4) is 0 Å². The summed E-state index contributed by atoms with van der Waals surface area (Å²) in [6, 6.07) is 8.27. The average Bonchev–Trinajstić information content (AvgIpc) is 2.70. The van der Waals surface area contributed by atoms with E-state index in [0.717, 1.165) is 30.7 Å². The van der Waals surface area contributed by atoms with E-state index in [-0.39, 0.29) is 22.9 Å². The number of ketones is 2. The van der Waals surface area contributed by atoms with E-state index in [9.17, 15) is 9.59 Å². The standard InChI is InChI=1S/C17H17NO2S.BrH/c1-21-17-5-3-2-4-12(17)14-10-18-7-6-11-8-15(19)16(20)9-13(11)14;/h2-5,8-9,14,18H,6-7,10H2,1H3;1H. The fourth-order valence-electron chi connectivity index (χ4n) is 2.97. The average molecular weight is 380 g/mol. The van der Waals surface area contributed by atoms with Crippen molar-refractivity contribution in [2.45, 2.75) is 17.2 Å². The van der Waals surface area contributed by atoms with Crippen LogP contribution in [0.3, 0.4) is 0 Å². The molecule has 1 aliphatic heterocycles. The highest BCUT2D eigenvalue weighted by atomic mass is 79.9. The van der Waals surface area contributed by atoms with Gasteiger partial charge >= 0.3 is 0 Å². The molecule has 0 amide bonds. The van der Waals surface area contributed by atoms with Gasteiger partial charge in [-0.3, -0.25) is 9.59 Å². The number of fused-ring (bicyclic) bond motifs is 1. The highest BCUT2D eigenvalue weighted by molar-refractivity contribution is 8.93. The molecule has 1 saturated heterocycles. The van der Waals surface area contributed by atoms with E-state index >= 15 is 0 Å². The molecule has 1 N–H and O–H groups in total. The SMILES string of the molecule is Br.CSc1ccccc1C1CNCCC2=CC(=O)C(=O)C=C21. The fraction of sp³-hybridized carbons (Fsp3) is 0.294. The van der Waals surface area contributed by atoms with Crippen LogP contribution in [0.5, 0.6) is 0 Å². The second-order valence-electron chi connectivity index (χ2n) is 5.25. The number of carbonyl (C=O) groups is 2. The number of hydrogen-bond acceptors (Lipinski definition) is 4. The Balaban J connectivity index is 0.00000176. The summed E-state index contributed by atoms with van der Waals surface area (Å²) in [5.41, 5.74) is 3.23. The molecule has 1 heterocycles. The maximum absolute atomic E-state index is 11.8. The van der Waals surface area contributed by atoms with Gasteiger partial charge < -0.3 is 5.32 Å². The lowest BCUT2D eigenvalue weighted by Crippen LogP contribution is -2.22. The predicted molar refractivity (Wildman–Crippen MR) is 95.0 cm³/mol. The summed E-state index contributed by atoms with van der Waals surface area (Å²) in [5, 5.41) is 3.42. The van der Waals surface area contributed by atoms with Gasteiger partial charge in [0.05, 0.1) is 0 Å². The van der Waals surface area contributed by atoms with Gasteiger partial charge in [-0.15, -0.1) is 28.7 Å². The van der Waals surface area contributed by atoms with Crippen LogP contribution in [0.15, 0.2) is 52.5 Å². The Kier molecular flexibility index (Phi) is 5.78. The number of carbonyl (C=O) groups excluding carboxylic acids is 2. The Labute approximate surface area is 145 Å². The molecular formula is C17H18BrNO2S. The molecule has 1 aromatic carbocycles. The molecule has 0 radical (unpaired) electrons. The molecule has 3 nitrogen and oxygen atoms in total. The minimum atomic E-state index is -0.401. The number of hydrogen-bond donors (Lipinski definition) is 1. The number of thioether (sulfide) groups is 1. The fourth-order valence-corrected chi connectivity index (χ4v) is 3.63. The topological polar surface area (TPSA) is 46.2 Å². The van der Waals surface area contributed by atoms with Crippen LogP contribution >= 0.6 is 28.7 Å². The van der Waals surface area contributed by atoms with Crippen molar-refractivity contribution in [2.24, 2.45) is 0 Å². The van der Waals surface area contributed by atoms with Crippen molar-refractivity contribution in [3.63, 3.8) is 0 Å². The Hall–Kier alpha value is -1.17. The first kappa shape index (κ1) is 17.2. The molecule has 5 heteroatoms. The highest BCUT2D eigenvalue weighted by Gasteiger charge is 2.29. The zero-order valence-electron chi connectivity index (χ0n) is 12.3. The zero-order valence-corrected chi connectivity index (χ0v) is 14.8. The van der Waals surface area contributed by atoms with Crippen LogP contribution in [0.25, 0.3) is 0 Å². The monoisotopic (exact) mass is 379 g/mol. The summed E-state index contributed by atoms with van der Waals surface area (Å²) in [6.07, 6.45) is 5.93. The summed E-state index contributed by atoms with van der Waals surface area (Å²) in [5.74, 6) is -0.672. The predicted octanol–water partition coefficient (Wildman–Crippen LogP) is 3.07. The number of benzene rings is 1. The van der Waals surface area contributed by atoms with Crippen LogP contribution in [0.4, 0.5) is 0 Å². The summed E-state index contributed by atoms with van der Waals surface area (Å²) < 4.78 is 0. The molecule has 1 fully saturated rings. The molecule has 0 spiro atoms. The van der Waals surface area contributed by atoms with Crippen molar-refractivity contribution in [1.29, 1.82) is 0 Å². The maximum Gasteiger partial charge on any atom is 0.226 e. The van der Waals surface area contributed by atoms with Crippen molar-refractivity contribution in [2.75, 3.05) is 19.3 Å². The molecule has 2 aliphatic rings. The van der Waals surface area contributed by atoms with Crippen LogP contribution in [-0.4, -0.2) is 30.9 Å². The van der Waals surface area contributed by atoms with E-state index in [4.69, 9.17) is 0 Å². The second kappa shape index (κ2) is 7.40. The number of rotatable bonds is 2. The smallest absolute Gasteiger partial charge is 0.226 e. The minimum absolute atomic E-state index is 0. The molecule has 0 bridgehead atoms. The molecule has 3 rings (SSSR count). The summed E-state index contributed by atoms with van der Waals surface area (Å²) in [4.78, 5) is 24.6. The second-order valence-corrected chi connectivity index (χ2v) is 6.09. The summed E-state index contributed by atoms with van der Waals surface area (Å²) >= 11 is 1.71. The Morgan fingerprint density at radius 1 is 1.14 bits per heavy atom. The zero-order chi connectivity index (χ0) is 14.8. The third kappa shape index (κ3) is 3.26.